The molecule has 0 aromatic heterocycles. The average Bonchev–Trinajstić information content (AvgIpc) is 4.20. The molecule has 0 amide bonds. The number of aldehydes is 1. The van der Waals surface area contributed by atoms with Crippen LogP contribution in [0.4, 0.5) is 0 Å². The minimum Gasteiger partial charge on any atom is -0.481 e. The fourth-order valence-corrected chi connectivity index (χ4v) is 0.783. The summed E-state index contributed by atoms with van der Waals surface area (Å²) in [5.41, 5.74) is 7.05. The molecule has 0 radical (unpaired) electrons. The van der Waals surface area contributed by atoms with Crippen LogP contribution in [0.3, 0.4) is 0 Å². The van der Waals surface area contributed by atoms with Gasteiger partial charge in [-0.05, 0) is 135 Å². The second-order valence-corrected chi connectivity index (χ2v) is 12.5. The highest BCUT2D eigenvalue weighted by atomic mass is 32.2. The number of thiocarbonyl (C=S) groups is 1. The number of terminal acetylenes is 1. The number of aliphatic hydroxyl groups excluding tert-OH is 1. The number of nitrogens with one attached hydrogen (secondary N) is 1. The smallest absolute Gasteiger partial charge is 0.300 e. The van der Waals surface area contributed by atoms with E-state index < -0.39 is 16.1 Å². The molecule has 2 saturated heterocycles. The summed E-state index contributed by atoms with van der Waals surface area (Å²) in [6.45, 7) is 42.0. The monoisotopic (exact) mass is 977 g/mol. The zero-order valence-electron chi connectivity index (χ0n) is 44.9. The third kappa shape index (κ3) is 1250. The number of isothiocyanates is 1. The van der Waals surface area contributed by atoms with Gasteiger partial charge < -0.3 is 30.8 Å². The Labute approximate surface area is 409 Å². The Kier molecular flexibility index (Phi) is 222. The van der Waals surface area contributed by atoms with E-state index in [9.17, 15) is 8.42 Å². The predicted molar refractivity (Wildman–Crippen MR) is 297 cm³/mol. The molecule has 13 nitrogen and oxygen atoms in total. The van der Waals surface area contributed by atoms with Crippen LogP contribution in [0.5, 0.6) is 0 Å². The second kappa shape index (κ2) is 137. The molecule has 0 aliphatic carbocycles. The summed E-state index contributed by atoms with van der Waals surface area (Å²) >= 11 is 7.66. The number of carbonyl (C=O) groups excluding carboxylic acids is 2. The summed E-state index contributed by atoms with van der Waals surface area (Å²) in [7, 11) is 1.81. The molecule has 6 N–H and O–H groups in total. The number of hydrogen-bond acceptors (Lipinski definition) is 13. The first-order valence-corrected chi connectivity index (χ1v) is 23.2. The Morgan fingerprint density at radius 2 is 1.14 bits per heavy atom. The Bertz CT molecular complexity index is 1110. The minimum absolute atomic E-state index is 0. The predicted octanol–water partition coefficient (Wildman–Crippen LogP) is 12.1. The lowest BCUT2D eigenvalue weighted by atomic mass is 10.3. The molecular formula is C48H104N4O9S3. The van der Waals surface area contributed by atoms with Crippen LogP contribution < -0.4 is 11.1 Å². The van der Waals surface area contributed by atoms with E-state index in [2.05, 4.69) is 155 Å². The summed E-state index contributed by atoms with van der Waals surface area (Å²) in [6.07, 6.45) is 29.6. The summed E-state index contributed by atoms with van der Waals surface area (Å²) in [4.78, 5) is 32.9. The fraction of sp³-hybridized carbons (Fsp3) is 0.625. The van der Waals surface area contributed by atoms with Gasteiger partial charge in [0.15, 0.2) is 0 Å². The number of rotatable bonds is 3. The molecule has 0 aromatic carbocycles. The first-order valence-electron chi connectivity index (χ1n) is 20.1. The molecule has 2 unspecified atom stereocenters. The van der Waals surface area contributed by atoms with Crippen LogP contribution in [0.25, 0.3) is 0 Å². The normalized spacial score (nSPS) is 10.9. The van der Waals surface area contributed by atoms with Crippen molar-refractivity contribution in [3.05, 3.63) is 72.9 Å². The van der Waals surface area contributed by atoms with Crippen LogP contribution in [0.2, 0.25) is 0 Å². The summed E-state index contributed by atoms with van der Waals surface area (Å²) in [6, 6.07) is 0.833. The highest BCUT2D eigenvalue weighted by Crippen LogP contribution is 2.04. The van der Waals surface area contributed by atoms with E-state index in [4.69, 9.17) is 33.9 Å². The maximum Gasteiger partial charge on any atom is 0.300 e. The number of isocyanates is 1. The van der Waals surface area contributed by atoms with Crippen LogP contribution in [-0.2, 0) is 29.2 Å². The highest BCUT2D eigenvalue weighted by molar-refractivity contribution is 7.85. The molecule has 16 heteroatoms. The molecule has 2 aliphatic heterocycles. The molecule has 0 bridgehead atoms. The van der Waals surface area contributed by atoms with Crippen LogP contribution >= 0.6 is 24.8 Å². The number of unbranched alkanes of at least 4 members (excludes halogenated alkanes) is 1. The van der Waals surface area contributed by atoms with E-state index in [0.29, 0.717) is 12.4 Å². The quantitative estimate of drug-likeness (QED) is 0.0178. The number of aliphatic imine (C=N–C) groups is 2. The first-order chi connectivity index (χ1) is 29.8. The van der Waals surface area contributed by atoms with Crippen molar-refractivity contribution in [3.8, 4) is 12.3 Å². The van der Waals surface area contributed by atoms with Crippen LogP contribution in [-0.4, -0.2) is 113 Å². The zero-order chi connectivity index (χ0) is 55.2. The third-order valence-electron chi connectivity index (χ3n) is 3.37. The van der Waals surface area contributed by atoms with Gasteiger partial charge in [0.05, 0.1) is 24.1 Å². The first kappa shape index (κ1) is 103. The van der Waals surface area contributed by atoms with Crippen molar-refractivity contribution in [2.24, 2.45) is 15.7 Å². The van der Waals surface area contributed by atoms with Gasteiger partial charge in [0.2, 0.25) is 6.08 Å². The van der Waals surface area contributed by atoms with Crippen LogP contribution in [0.15, 0.2) is 82.9 Å². The van der Waals surface area contributed by atoms with Crippen molar-refractivity contribution < 1.29 is 43.7 Å². The second-order valence-electron chi connectivity index (χ2n) is 10.8. The maximum absolute atomic E-state index is 9.19. The Hall–Kier alpha value is -3.58. The van der Waals surface area contributed by atoms with Gasteiger partial charge >= 0.3 is 0 Å². The fourth-order valence-electron chi connectivity index (χ4n) is 0.783. The van der Waals surface area contributed by atoms with Gasteiger partial charge in [0.25, 0.3) is 16.1 Å². The number of allylic oxidation sites excluding steroid dienone is 10. The lowest BCUT2D eigenvalue weighted by molar-refractivity contribution is -0.134. The van der Waals surface area contributed by atoms with E-state index in [1.165, 1.54) is 57.6 Å². The Morgan fingerprint density at radius 3 is 1.16 bits per heavy atom. The lowest BCUT2D eigenvalue weighted by Crippen LogP contribution is -1.88. The molecular weight excluding hydrogens is 873 g/mol. The maximum atomic E-state index is 9.19. The molecule has 388 valence electrons. The van der Waals surface area contributed by atoms with Gasteiger partial charge in [-0.3, -0.25) is 9.35 Å². The van der Waals surface area contributed by atoms with Gasteiger partial charge in [0, 0.05) is 42.1 Å². The number of carboxylic acids is 1. The van der Waals surface area contributed by atoms with Gasteiger partial charge in [-0.2, -0.15) is 21.0 Å². The van der Waals surface area contributed by atoms with Crippen molar-refractivity contribution >= 4 is 58.5 Å². The van der Waals surface area contributed by atoms with Crippen LogP contribution in [0.1, 0.15) is 138 Å². The zero-order valence-corrected chi connectivity index (χ0v) is 47.4. The number of carbonyl (C=O) groups is 2. The van der Waals surface area contributed by atoms with E-state index in [0.717, 1.165) is 39.4 Å². The topological polar surface area (TPSA) is 231 Å². The van der Waals surface area contributed by atoms with Crippen LogP contribution in [0, 0.1) is 12.3 Å². The number of nitrogens with zero attached hydrogens (tertiary/aromatic N) is 2. The van der Waals surface area contributed by atoms with Crippen molar-refractivity contribution in [2.75, 3.05) is 53.9 Å². The molecule has 0 aromatic rings. The van der Waals surface area contributed by atoms with E-state index in [-0.39, 0.29) is 1.43 Å². The van der Waals surface area contributed by atoms with Crippen molar-refractivity contribution in [2.45, 2.75) is 149 Å². The largest absolute Gasteiger partial charge is 0.481 e. The molecule has 2 rings (SSSR count). The standard InChI is InChI=1S/C6H12.2C5H10.2C4H8.C3H7N.C3H6O.C3H6.C3H4.C2H3NO.C2H3NS.C2H4O2.C2H4O.CH5N.CH4O3S.CH4O.CH4S.H2/c1-3-5-6-4-2;1-4-5(2)3;1-3-5-4-2;1-4(2)3;1-3-4-2;2*1-3-2-4-3;2*1-3-2;2*1-3-2-4;1-2(3)4;1-2-3;1-2;1-5(2,3)4;2*1-2;/h3,5H,4,6H2,1-2H3;4H,1-3H3;3,5H,4H2,1-2H3;1H2,2-3H3;3-4H,1-2H3;3-4H,2H2,1H3;3H,2H2,1H3;3H,1H2,2H3;1H,2H3;2*1H3;1H3,(H,3,4);2H,1H3;2H2,1H3;1H3,(H,2,3,4);2*2H,1H3;1H. The van der Waals surface area contributed by atoms with Gasteiger partial charge in [0.1, 0.15) is 6.29 Å². The summed E-state index contributed by atoms with van der Waals surface area (Å²) in [5, 5.41) is 19.7. The number of thiol groups is 1. The summed E-state index contributed by atoms with van der Waals surface area (Å²) < 4.78 is 30.6. The van der Waals surface area contributed by atoms with Gasteiger partial charge in [-0.25, -0.2) is 14.8 Å². The van der Waals surface area contributed by atoms with Crippen molar-refractivity contribution in [1.82, 2.24) is 5.32 Å². The molecule has 2 aliphatic rings. The number of epoxide rings is 1. The van der Waals surface area contributed by atoms with Gasteiger partial charge in [-0.1, -0.05) is 80.0 Å². The number of ether oxygens (including phenoxy) is 1. The highest BCUT2D eigenvalue weighted by Gasteiger charge is 2.13. The molecule has 64 heavy (non-hydrogen) atoms. The molecule has 2 heterocycles. The molecule has 0 spiro atoms. The Morgan fingerprint density at radius 1 is 0.953 bits per heavy atom. The lowest BCUT2D eigenvalue weighted by Gasteiger charge is -1.76. The average molecular weight is 978 g/mol. The van der Waals surface area contributed by atoms with Crippen molar-refractivity contribution in [1.29, 1.82) is 0 Å². The third-order valence-corrected chi connectivity index (χ3v) is 3.55. The number of nitrogens with two attached hydrogens (primary N) is 1. The van der Waals surface area contributed by atoms with Gasteiger partial charge in [-0.15, -0.1) is 25.5 Å². The van der Waals surface area contributed by atoms with Crippen molar-refractivity contribution in [3.63, 3.8) is 0 Å². The van der Waals surface area contributed by atoms with E-state index in [1.54, 1.807) is 26.3 Å². The van der Waals surface area contributed by atoms with E-state index >= 15 is 0 Å². The summed E-state index contributed by atoms with van der Waals surface area (Å²) in [5.74, 6) is 1.42. The molecule has 2 atom stereocenters. The number of carboxylic acid groups (broad SMARTS) is 1. The van der Waals surface area contributed by atoms with E-state index in [1.807, 2.05) is 60.6 Å². The number of aliphatic carboxylic acids is 1. The molecule has 2 fully saturated rings. The number of hydrogen-bond donors (Lipinski definition) is 6. The minimum atomic E-state index is -3.67. The SMILES string of the molecule is C#CC.C=C(C)C.C=CC.CC(=O)O.CC1CN1.CC1CO1.CC=C(C)C.CC=CC.CC=CCC.CC=CCCC.CC=O.CN.CN=C=O.CN=C=S.CO.CS.CS(=O)(=O)O.[HH]. The Balaban J connectivity index is -0.0000000282. The number of aliphatic hydroxyl groups is 1. The molecule has 0 saturated carbocycles.